The van der Waals surface area contributed by atoms with Gasteiger partial charge in [0.2, 0.25) is 0 Å². The maximum absolute atomic E-state index is 13.1. The Morgan fingerprint density at radius 3 is 2.77 bits per heavy atom. The van der Waals surface area contributed by atoms with Gasteiger partial charge in [0.25, 0.3) is 5.56 Å². The maximum atomic E-state index is 13.1. The maximum Gasteiger partial charge on any atom is 0.260 e. The molecule has 30 heavy (non-hydrogen) atoms. The van der Waals surface area contributed by atoms with Crippen LogP contribution in [0.25, 0.3) is 33.1 Å². The minimum atomic E-state index is 0.0318. The number of methoxy groups -OCH3 is 1. The molecule has 0 saturated carbocycles. The van der Waals surface area contributed by atoms with Crippen molar-refractivity contribution >= 4 is 21.8 Å². The van der Waals surface area contributed by atoms with Gasteiger partial charge >= 0.3 is 0 Å². The van der Waals surface area contributed by atoms with Crippen molar-refractivity contribution in [3.05, 3.63) is 52.6 Å². The highest BCUT2D eigenvalue weighted by Crippen LogP contribution is 2.37. The van der Waals surface area contributed by atoms with Gasteiger partial charge in [0.05, 0.1) is 29.2 Å². The zero-order chi connectivity index (χ0) is 20.8. The molecule has 5 rings (SSSR count). The van der Waals surface area contributed by atoms with Crippen molar-refractivity contribution in [1.82, 2.24) is 24.6 Å². The predicted molar refractivity (Wildman–Crippen MR) is 118 cm³/mol. The predicted octanol–water partition coefficient (Wildman–Crippen LogP) is 3.19. The molecule has 1 aliphatic rings. The Bertz CT molecular complexity index is 1310. The molecule has 0 atom stereocenters. The highest BCUT2D eigenvalue weighted by molar-refractivity contribution is 5.92. The van der Waals surface area contributed by atoms with Gasteiger partial charge < -0.3 is 14.6 Å². The average Bonchev–Trinajstić information content (AvgIpc) is 3.15. The summed E-state index contributed by atoms with van der Waals surface area (Å²) >= 11 is 0. The van der Waals surface area contributed by atoms with Crippen LogP contribution in [0.1, 0.15) is 24.4 Å². The lowest BCUT2D eigenvalue weighted by Crippen LogP contribution is -2.34. The number of benzene rings is 1. The number of hydrogen-bond acceptors (Lipinski definition) is 5. The van der Waals surface area contributed by atoms with Gasteiger partial charge in [-0.15, -0.1) is 0 Å². The van der Waals surface area contributed by atoms with Crippen LogP contribution in [0.15, 0.2) is 41.5 Å². The first kappa shape index (κ1) is 18.8. The number of aryl methyl sites for hydroxylation is 2. The third-order valence-corrected chi connectivity index (χ3v) is 6.06. The Morgan fingerprint density at radius 2 is 2.00 bits per heavy atom. The molecule has 1 saturated heterocycles. The highest BCUT2D eigenvalue weighted by Gasteiger charge is 2.19. The van der Waals surface area contributed by atoms with E-state index in [-0.39, 0.29) is 11.6 Å². The zero-order valence-corrected chi connectivity index (χ0v) is 17.5. The average molecular weight is 403 g/mol. The molecule has 4 heterocycles. The van der Waals surface area contributed by atoms with Crippen molar-refractivity contribution in [2.45, 2.75) is 25.8 Å². The van der Waals surface area contributed by atoms with Gasteiger partial charge in [-0.2, -0.15) is 5.10 Å². The topological polar surface area (TPSA) is 74.0 Å². The first-order valence-corrected chi connectivity index (χ1v) is 10.3. The Labute approximate surface area is 174 Å². The van der Waals surface area contributed by atoms with E-state index in [4.69, 9.17) is 9.72 Å². The molecule has 0 unspecified atom stereocenters. The van der Waals surface area contributed by atoms with Gasteiger partial charge in [0.15, 0.2) is 0 Å². The molecule has 4 aromatic rings. The van der Waals surface area contributed by atoms with Crippen LogP contribution in [0.3, 0.4) is 0 Å². The second-order valence-electron chi connectivity index (χ2n) is 7.96. The van der Waals surface area contributed by atoms with E-state index in [0.29, 0.717) is 10.9 Å². The fraction of sp³-hybridized carbons (Fsp3) is 0.348. The van der Waals surface area contributed by atoms with E-state index in [2.05, 4.69) is 16.5 Å². The van der Waals surface area contributed by atoms with Crippen LogP contribution < -0.4 is 15.6 Å². The van der Waals surface area contributed by atoms with Crippen molar-refractivity contribution < 1.29 is 4.74 Å². The lowest BCUT2D eigenvalue weighted by Gasteiger charge is -2.24. The molecule has 0 amide bonds. The monoisotopic (exact) mass is 403 g/mol. The van der Waals surface area contributed by atoms with E-state index in [1.807, 2.05) is 49.1 Å². The quantitative estimate of drug-likeness (QED) is 0.569. The molecule has 1 N–H and O–H groups in total. The van der Waals surface area contributed by atoms with E-state index >= 15 is 0 Å². The fourth-order valence-corrected chi connectivity index (χ4v) is 4.55. The summed E-state index contributed by atoms with van der Waals surface area (Å²) in [5.74, 6) is 0.760. The number of rotatable bonds is 3. The Kier molecular flexibility index (Phi) is 4.55. The summed E-state index contributed by atoms with van der Waals surface area (Å²) in [6.07, 6.45) is 5.82. The summed E-state index contributed by atoms with van der Waals surface area (Å²) in [6, 6.07) is 8.05. The Hall–Kier alpha value is -3.19. The Morgan fingerprint density at radius 1 is 1.20 bits per heavy atom. The molecular weight excluding hydrogens is 378 g/mol. The van der Waals surface area contributed by atoms with Crippen LogP contribution >= 0.6 is 0 Å². The van der Waals surface area contributed by atoms with Crippen molar-refractivity contribution in [2.75, 3.05) is 20.2 Å². The summed E-state index contributed by atoms with van der Waals surface area (Å²) in [7, 11) is 3.58. The van der Waals surface area contributed by atoms with Gasteiger partial charge in [-0.3, -0.25) is 9.48 Å². The smallest absolute Gasteiger partial charge is 0.260 e. The van der Waals surface area contributed by atoms with Crippen LogP contribution in [0, 0.1) is 6.92 Å². The first-order valence-electron chi connectivity index (χ1n) is 10.3. The van der Waals surface area contributed by atoms with Gasteiger partial charge in [-0.25, -0.2) is 4.98 Å². The molecule has 7 nitrogen and oxygen atoms in total. The molecule has 0 aliphatic carbocycles. The molecule has 154 valence electrons. The minimum Gasteiger partial charge on any atom is -0.496 e. The molecule has 3 aromatic heterocycles. The number of fused-ring (bicyclic) bond motifs is 2. The van der Waals surface area contributed by atoms with Crippen molar-refractivity contribution in [2.24, 2.45) is 7.05 Å². The van der Waals surface area contributed by atoms with E-state index in [1.54, 1.807) is 11.8 Å². The van der Waals surface area contributed by atoms with Crippen molar-refractivity contribution in [1.29, 1.82) is 0 Å². The minimum absolute atomic E-state index is 0.0318. The summed E-state index contributed by atoms with van der Waals surface area (Å²) in [4.78, 5) is 17.9. The van der Waals surface area contributed by atoms with Crippen LogP contribution in [0.5, 0.6) is 5.75 Å². The number of pyridine rings is 2. The number of hydrogen-bond donors (Lipinski definition) is 1. The van der Waals surface area contributed by atoms with Crippen LogP contribution in [-0.2, 0) is 7.05 Å². The van der Waals surface area contributed by atoms with Crippen LogP contribution in [0.4, 0.5) is 0 Å². The molecule has 1 aliphatic heterocycles. The standard InChI is InChI=1S/C23H25N5O2/c1-14-21-15(13-27(2)26-21)12-18(22(14)30-3)19-5-4-17-20(25-19)8-11-28(23(17)29)16-6-9-24-10-7-16/h4-5,8,11-13,16,24H,6-7,9-10H2,1-3H3. The summed E-state index contributed by atoms with van der Waals surface area (Å²) in [5, 5.41) is 9.58. The third kappa shape index (κ3) is 2.97. The number of nitrogens with zero attached hydrogens (tertiary/aromatic N) is 4. The second-order valence-corrected chi connectivity index (χ2v) is 7.96. The SMILES string of the molecule is COc1c(-c2ccc3c(=O)n(C4CCNCC4)ccc3n2)cc2cn(C)nc2c1C. The van der Waals surface area contributed by atoms with E-state index in [0.717, 1.165) is 59.4 Å². The zero-order valence-electron chi connectivity index (χ0n) is 17.5. The highest BCUT2D eigenvalue weighted by atomic mass is 16.5. The van der Waals surface area contributed by atoms with Gasteiger partial charge in [0.1, 0.15) is 5.75 Å². The first-order chi connectivity index (χ1) is 14.6. The lowest BCUT2D eigenvalue weighted by atomic mass is 10.0. The van der Waals surface area contributed by atoms with Gasteiger partial charge in [0, 0.05) is 42.0 Å². The van der Waals surface area contributed by atoms with Crippen molar-refractivity contribution in [3.63, 3.8) is 0 Å². The number of aromatic nitrogens is 4. The molecule has 7 heteroatoms. The van der Waals surface area contributed by atoms with Crippen LogP contribution in [-0.4, -0.2) is 39.5 Å². The molecule has 0 radical (unpaired) electrons. The van der Waals surface area contributed by atoms with E-state index in [9.17, 15) is 4.79 Å². The number of nitrogens with one attached hydrogen (secondary N) is 1. The molecule has 1 aromatic carbocycles. The fourth-order valence-electron chi connectivity index (χ4n) is 4.55. The number of piperidine rings is 1. The largest absolute Gasteiger partial charge is 0.496 e. The van der Waals surface area contributed by atoms with Crippen molar-refractivity contribution in [3.8, 4) is 17.0 Å². The third-order valence-electron chi connectivity index (χ3n) is 6.06. The van der Waals surface area contributed by atoms with Gasteiger partial charge in [-0.1, -0.05) is 0 Å². The second kappa shape index (κ2) is 7.25. The van der Waals surface area contributed by atoms with Gasteiger partial charge in [-0.05, 0) is 57.1 Å². The molecule has 0 bridgehead atoms. The normalized spacial score (nSPS) is 15.2. The summed E-state index contributed by atoms with van der Waals surface area (Å²) < 4.78 is 9.40. The molecule has 0 spiro atoms. The summed E-state index contributed by atoms with van der Waals surface area (Å²) in [6.45, 7) is 3.90. The summed E-state index contributed by atoms with van der Waals surface area (Å²) in [5.41, 5.74) is 4.32. The lowest BCUT2D eigenvalue weighted by molar-refractivity contribution is 0.362. The molecular formula is C23H25N5O2. The number of ether oxygens (including phenoxy) is 1. The molecule has 1 fully saturated rings. The van der Waals surface area contributed by atoms with E-state index < -0.39 is 0 Å². The van der Waals surface area contributed by atoms with E-state index in [1.165, 1.54) is 0 Å². The van der Waals surface area contributed by atoms with Crippen LogP contribution in [0.2, 0.25) is 0 Å². The Balaban J connectivity index is 1.64.